The van der Waals surface area contributed by atoms with Crippen LogP contribution in [0.5, 0.6) is 5.75 Å². The predicted molar refractivity (Wildman–Crippen MR) is 103 cm³/mol. The number of aromatic hydroxyl groups is 1. The maximum absolute atomic E-state index is 10.6. The van der Waals surface area contributed by atoms with Gasteiger partial charge in [-0.15, -0.1) is 0 Å². The van der Waals surface area contributed by atoms with Crippen LogP contribution in [0.1, 0.15) is 58.2 Å². The van der Waals surface area contributed by atoms with Crippen LogP contribution < -0.4 is 0 Å². The Hall–Kier alpha value is -2.29. The first kappa shape index (κ1) is 17.5. The summed E-state index contributed by atoms with van der Waals surface area (Å²) in [6, 6.07) is 9.94. The zero-order valence-electron chi connectivity index (χ0n) is 16.2. The average Bonchev–Trinajstić information content (AvgIpc) is 2.87. The Kier molecular flexibility index (Phi) is 3.94. The summed E-state index contributed by atoms with van der Waals surface area (Å²) in [7, 11) is 0. The minimum Gasteiger partial charge on any atom is -0.508 e. The van der Waals surface area contributed by atoms with E-state index >= 15 is 0 Å². The second-order valence-electron chi connectivity index (χ2n) is 8.91. The van der Waals surface area contributed by atoms with Crippen molar-refractivity contribution in [2.24, 2.45) is 0 Å². The molecule has 1 heterocycles. The van der Waals surface area contributed by atoms with Crippen LogP contribution in [0.4, 0.5) is 0 Å². The first-order valence-corrected chi connectivity index (χ1v) is 8.72. The van der Waals surface area contributed by atoms with E-state index in [2.05, 4.69) is 41.5 Å². The summed E-state index contributed by atoms with van der Waals surface area (Å²) < 4.78 is 6.09. The molecule has 3 rings (SSSR count). The minimum atomic E-state index is -0.169. The van der Waals surface area contributed by atoms with E-state index in [1.54, 1.807) is 0 Å². The number of hydrogen-bond donors (Lipinski definition) is 1. The van der Waals surface area contributed by atoms with Gasteiger partial charge in [0.1, 0.15) is 11.3 Å². The van der Waals surface area contributed by atoms with Crippen LogP contribution in [0.2, 0.25) is 0 Å². The molecule has 0 saturated carbocycles. The molecule has 0 bridgehead atoms. The summed E-state index contributed by atoms with van der Waals surface area (Å²) in [5, 5.41) is 10.6. The highest BCUT2D eigenvalue weighted by molar-refractivity contribution is 5.78. The van der Waals surface area contributed by atoms with Crippen LogP contribution in [-0.2, 0) is 10.8 Å². The molecule has 0 unspecified atom stereocenters. The van der Waals surface area contributed by atoms with Crippen molar-refractivity contribution in [3.05, 3.63) is 47.0 Å². The largest absolute Gasteiger partial charge is 0.508 e. The zero-order valence-corrected chi connectivity index (χ0v) is 16.2. The predicted octanol–water partition coefficient (Wildman–Crippen LogP) is 6.10. The Morgan fingerprint density at radius 3 is 2.12 bits per heavy atom. The highest BCUT2D eigenvalue weighted by Crippen LogP contribution is 2.41. The molecular weight excluding hydrogens is 310 g/mol. The lowest BCUT2D eigenvalue weighted by Crippen LogP contribution is -2.16. The van der Waals surface area contributed by atoms with E-state index in [-0.39, 0.29) is 10.8 Å². The number of oxazole rings is 1. The van der Waals surface area contributed by atoms with Crippen molar-refractivity contribution in [3.8, 4) is 17.2 Å². The van der Waals surface area contributed by atoms with E-state index in [4.69, 9.17) is 9.40 Å². The molecule has 0 spiro atoms. The van der Waals surface area contributed by atoms with Gasteiger partial charge in [-0.3, -0.25) is 0 Å². The number of phenols is 1. The standard InChI is InChI=1S/C22H27NO2/c1-13-8-9-17-19(10-13)25-20(23-17)14-11-16(22(5,6)7)18(24)12-15(14)21(2,3)4/h8-12,24H,1-7H3. The number of fused-ring (bicyclic) bond motifs is 1. The third-order valence-electron chi connectivity index (χ3n) is 4.53. The van der Waals surface area contributed by atoms with Gasteiger partial charge in [-0.1, -0.05) is 47.6 Å². The molecule has 2 aromatic carbocycles. The third kappa shape index (κ3) is 3.28. The number of aryl methyl sites for hydroxylation is 1. The molecular formula is C22H27NO2. The summed E-state index contributed by atoms with van der Waals surface area (Å²) in [6.07, 6.45) is 0. The first-order valence-electron chi connectivity index (χ1n) is 8.72. The number of hydrogen-bond acceptors (Lipinski definition) is 3. The Labute approximate surface area is 149 Å². The molecule has 0 amide bonds. The summed E-state index contributed by atoms with van der Waals surface area (Å²) in [5.74, 6) is 0.934. The van der Waals surface area contributed by atoms with E-state index in [0.29, 0.717) is 11.6 Å². The van der Waals surface area contributed by atoms with Gasteiger partial charge in [-0.25, -0.2) is 4.98 Å². The topological polar surface area (TPSA) is 46.3 Å². The summed E-state index contributed by atoms with van der Waals surface area (Å²) in [5.41, 5.74) is 5.36. The van der Waals surface area contributed by atoms with E-state index in [1.165, 1.54) is 0 Å². The summed E-state index contributed by atoms with van der Waals surface area (Å²) in [6.45, 7) is 14.7. The molecule has 0 saturated heterocycles. The molecule has 0 atom stereocenters. The van der Waals surface area contributed by atoms with Crippen LogP contribution in [0.15, 0.2) is 34.7 Å². The van der Waals surface area contributed by atoms with Crippen molar-refractivity contribution < 1.29 is 9.52 Å². The monoisotopic (exact) mass is 337 g/mol. The van der Waals surface area contributed by atoms with Gasteiger partial charge in [0.25, 0.3) is 0 Å². The van der Waals surface area contributed by atoms with E-state index in [9.17, 15) is 5.11 Å². The number of rotatable bonds is 1. The molecule has 3 nitrogen and oxygen atoms in total. The van der Waals surface area contributed by atoms with Crippen molar-refractivity contribution in [2.45, 2.75) is 59.3 Å². The van der Waals surface area contributed by atoms with E-state index in [0.717, 1.165) is 33.4 Å². The minimum absolute atomic E-state index is 0.139. The Bertz CT molecular complexity index is 937. The van der Waals surface area contributed by atoms with Gasteiger partial charge in [0.05, 0.1) is 0 Å². The molecule has 25 heavy (non-hydrogen) atoms. The third-order valence-corrected chi connectivity index (χ3v) is 4.53. The van der Waals surface area contributed by atoms with E-state index in [1.807, 2.05) is 37.3 Å². The van der Waals surface area contributed by atoms with Gasteiger partial charge in [-0.05, 0) is 53.1 Å². The molecule has 0 aliphatic heterocycles. The fourth-order valence-corrected chi connectivity index (χ4v) is 3.13. The lowest BCUT2D eigenvalue weighted by molar-refractivity contribution is 0.443. The number of nitrogens with zero attached hydrogens (tertiary/aromatic N) is 1. The zero-order chi connectivity index (χ0) is 18.6. The molecule has 132 valence electrons. The average molecular weight is 337 g/mol. The smallest absolute Gasteiger partial charge is 0.227 e. The van der Waals surface area contributed by atoms with Crippen molar-refractivity contribution in [2.75, 3.05) is 0 Å². The van der Waals surface area contributed by atoms with E-state index < -0.39 is 0 Å². The van der Waals surface area contributed by atoms with Crippen molar-refractivity contribution in [1.82, 2.24) is 4.98 Å². The quantitative estimate of drug-likeness (QED) is 0.583. The Morgan fingerprint density at radius 1 is 0.880 bits per heavy atom. The highest BCUT2D eigenvalue weighted by Gasteiger charge is 2.27. The fraction of sp³-hybridized carbons (Fsp3) is 0.409. The maximum Gasteiger partial charge on any atom is 0.227 e. The Balaban J connectivity index is 2.31. The van der Waals surface area contributed by atoms with Crippen molar-refractivity contribution >= 4 is 11.1 Å². The number of phenolic OH excluding ortho intramolecular Hbond substituents is 1. The SMILES string of the molecule is Cc1ccc2nc(-c3cc(C(C)(C)C)c(O)cc3C(C)(C)C)oc2c1. The lowest BCUT2D eigenvalue weighted by Gasteiger charge is -2.27. The van der Waals surface area contributed by atoms with Gasteiger partial charge >= 0.3 is 0 Å². The second-order valence-corrected chi connectivity index (χ2v) is 8.91. The normalized spacial score (nSPS) is 12.8. The van der Waals surface area contributed by atoms with Crippen molar-refractivity contribution in [3.63, 3.8) is 0 Å². The molecule has 0 fully saturated rings. The van der Waals surface area contributed by atoms with Gasteiger partial charge in [0.2, 0.25) is 5.89 Å². The molecule has 0 aliphatic carbocycles. The van der Waals surface area contributed by atoms with Gasteiger partial charge in [0, 0.05) is 11.1 Å². The molecule has 3 heteroatoms. The first-order chi connectivity index (χ1) is 11.5. The van der Waals surface area contributed by atoms with Gasteiger partial charge < -0.3 is 9.52 Å². The maximum atomic E-state index is 10.6. The molecule has 1 aromatic heterocycles. The van der Waals surface area contributed by atoms with Gasteiger partial charge in [-0.2, -0.15) is 0 Å². The van der Waals surface area contributed by atoms with Crippen LogP contribution in [0.3, 0.4) is 0 Å². The number of benzene rings is 2. The van der Waals surface area contributed by atoms with Crippen LogP contribution >= 0.6 is 0 Å². The summed E-state index contributed by atoms with van der Waals surface area (Å²) >= 11 is 0. The van der Waals surface area contributed by atoms with Crippen molar-refractivity contribution in [1.29, 1.82) is 0 Å². The lowest BCUT2D eigenvalue weighted by atomic mass is 9.78. The summed E-state index contributed by atoms with van der Waals surface area (Å²) in [4.78, 5) is 4.70. The highest BCUT2D eigenvalue weighted by atomic mass is 16.3. The Morgan fingerprint density at radius 2 is 1.52 bits per heavy atom. The molecule has 3 aromatic rings. The number of aromatic nitrogens is 1. The van der Waals surface area contributed by atoms with Gasteiger partial charge in [0.15, 0.2) is 5.58 Å². The van der Waals surface area contributed by atoms with Crippen LogP contribution in [0.25, 0.3) is 22.6 Å². The molecule has 0 aliphatic rings. The molecule has 1 N–H and O–H groups in total. The van der Waals surface area contributed by atoms with Crippen LogP contribution in [-0.4, -0.2) is 10.1 Å². The fourth-order valence-electron chi connectivity index (χ4n) is 3.13. The van der Waals surface area contributed by atoms with Crippen LogP contribution in [0, 0.1) is 6.92 Å². The second kappa shape index (κ2) is 5.62. The molecule has 0 radical (unpaired) electrons.